The topological polar surface area (TPSA) is 58.6 Å². The molecular weight excluding hydrogens is 396 g/mol. The molecule has 1 aliphatic heterocycles. The molecule has 3 rings (SSSR count). The molecule has 7 heteroatoms. The first-order valence-electron chi connectivity index (χ1n) is 8.18. The minimum absolute atomic E-state index is 0.0387. The first kappa shape index (κ1) is 17.5. The lowest BCUT2D eigenvalue weighted by Gasteiger charge is -2.27. The van der Waals surface area contributed by atoms with Crippen LogP contribution in [0.2, 0.25) is 5.02 Å². The zero-order chi connectivity index (χ0) is 17.3. The van der Waals surface area contributed by atoms with E-state index < -0.39 is 6.10 Å². The van der Waals surface area contributed by atoms with Gasteiger partial charge in [-0.15, -0.1) is 0 Å². The second-order valence-corrected chi connectivity index (χ2v) is 7.60. The molecule has 1 saturated heterocycles. The summed E-state index contributed by atoms with van der Waals surface area (Å²) in [6.45, 7) is 2.30. The van der Waals surface area contributed by atoms with Crippen molar-refractivity contribution in [3.05, 3.63) is 27.7 Å². The highest BCUT2D eigenvalue weighted by Gasteiger charge is 2.38. The zero-order valence-electron chi connectivity index (χ0n) is 13.4. The summed E-state index contributed by atoms with van der Waals surface area (Å²) in [6, 6.07) is 5.07. The fraction of sp³-hybridized carbons (Fsp3) is 0.529. The van der Waals surface area contributed by atoms with E-state index in [0.29, 0.717) is 34.3 Å². The zero-order valence-corrected chi connectivity index (χ0v) is 15.8. The van der Waals surface area contributed by atoms with E-state index in [9.17, 15) is 9.59 Å². The predicted molar refractivity (Wildman–Crippen MR) is 95.1 cm³/mol. The maximum Gasteiger partial charge on any atom is 0.264 e. The van der Waals surface area contributed by atoms with Crippen molar-refractivity contribution < 1.29 is 14.3 Å². The number of ether oxygens (including phenoxy) is 1. The van der Waals surface area contributed by atoms with Gasteiger partial charge >= 0.3 is 0 Å². The van der Waals surface area contributed by atoms with Gasteiger partial charge in [0, 0.05) is 17.6 Å². The highest BCUT2D eigenvalue weighted by atomic mass is 79.9. The first-order chi connectivity index (χ1) is 11.5. The Morgan fingerprint density at radius 3 is 2.79 bits per heavy atom. The van der Waals surface area contributed by atoms with Gasteiger partial charge in [-0.3, -0.25) is 9.59 Å². The quantitative estimate of drug-likeness (QED) is 0.804. The van der Waals surface area contributed by atoms with Gasteiger partial charge in [-0.25, -0.2) is 0 Å². The lowest BCUT2D eigenvalue weighted by Crippen LogP contribution is -2.50. The summed E-state index contributed by atoms with van der Waals surface area (Å²) in [5.74, 6) is 0.354. The smallest absolute Gasteiger partial charge is 0.264 e. The summed E-state index contributed by atoms with van der Waals surface area (Å²) in [5.41, 5.74) is 0. The van der Waals surface area contributed by atoms with E-state index in [1.54, 1.807) is 30.0 Å². The molecule has 0 spiro atoms. The maximum absolute atomic E-state index is 12.7. The predicted octanol–water partition coefficient (Wildman–Crippen LogP) is 3.14. The van der Waals surface area contributed by atoms with Crippen LogP contribution in [0.5, 0.6) is 5.75 Å². The monoisotopic (exact) mass is 414 g/mol. The molecule has 1 aromatic rings. The van der Waals surface area contributed by atoms with E-state index in [0.717, 1.165) is 19.3 Å². The van der Waals surface area contributed by atoms with Crippen LogP contribution < -0.4 is 10.1 Å². The van der Waals surface area contributed by atoms with Crippen LogP contribution in [0.3, 0.4) is 0 Å². The SMILES string of the molecule is CC(Oc1ccc(Cl)cc1Br)C(=O)N1CCCC1C(=O)NC1CC1. The van der Waals surface area contributed by atoms with Crippen LogP contribution in [0.4, 0.5) is 0 Å². The molecule has 2 fully saturated rings. The number of carbonyl (C=O) groups excluding carboxylic acids is 2. The molecule has 1 aliphatic carbocycles. The van der Waals surface area contributed by atoms with Crippen molar-refractivity contribution in [3.8, 4) is 5.75 Å². The summed E-state index contributed by atoms with van der Waals surface area (Å²) >= 11 is 9.29. The Hall–Kier alpha value is -1.27. The molecule has 1 saturated carbocycles. The van der Waals surface area contributed by atoms with Gasteiger partial charge in [0.15, 0.2) is 6.10 Å². The normalized spacial score (nSPS) is 21.5. The molecular formula is C17H20BrClN2O3. The molecule has 2 amide bonds. The fourth-order valence-electron chi connectivity index (χ4n) is 2.87. The number of amides is 2. The van der Waals surface area contributed by atoms with E-state index in [1.165, 1.54) is 0 Å². The summed E-state index contributed by atoms with van der Waals surface area (Å²) in [6.07, 6.45) is 2.96. The van der Waals surface area contributed by atoms with Crippen molar-refractivity contribution in [2.75, 3.05) is 6.54 Å². The molecule has 24 heavy (non-hydrogen) atoms. The highest BCUT2D eigenvalue weighted by molar-refractivity contribution is 9.10. The molecule has 2 aliphatic rings. The van der Waals surface area contributed by atoms with Gasteiger partial charge in [-0.05, 0) is 66.7 Å². The molecule has 0 bridgehead atoms. The van der Waals surface area contributed by atoms with Crippen molar-refractivity contribution in [2.24, 2.45) is 0 Å². The molecule has 1 N–H and O–H groups in total. The Balaban J connectivity index is 1.64. The fourth-order valence-corrected chi connectivity index (χ4v) is 3.65. The van der Waals surface area contributed by atoms with Crippen molar-refractivity contribution >= 4 is 39.3 Å². The molecule has 2 atom stereocenters. The lowest BCUT2D eigenvalue weighted by molar-refractivity contribution is -0.143. The minimum atomic E-state index is -0.670. The third-order valence-electron chi connectivity index (χ3n) is 4.31. The molecule has 0 aromatic heterocycles. The Bertz CT molecular complexity index is 651. The van der Waals surface area contributed by atoms with Gasteiger partial charge in [-0.1, -0.05) is 11.6 Å². The first-order valence-corrected chi connectivity index (χ1v) is 9.35. The van der Waals surface area contributed by atoms with Crippen LogP contribution in [0.1, 0.15) is 32.6 Å². The number of benzene rings is 1. The minimum Gasteiger partial charge on any atom is -0.480 e. The van der Waals surface area contributed by atoms with E-state index in [2.05, 4.69) is 21.2 Å². The molecule has 130 valence electrons. The second-order valence-electron chi connectivity index (χ2n) is 6.31. The molecule has 5 nitrogen and oxygen atoms in total. The molecule has 1 aromatic carbocycles. The number of hydrogen-bond acceptors (Lipinski definition) is 3. The average molecular weight is 416 g/mol. The van der Waals surface area contributed by atoms with Gasteiger partial charge < -0.3 is 15.0 Å². The van der Waals surface area contributed by atoms with Gasteiger partial charge in [-0.2, -0.15) is 0 Å². The number of likely N-dealkylation sites (tertiary alicyclic amines) is 1. The summed E-state index contributed by atoms with van der Waals surface area (Å²) in [7, 11) is 0. The molecule has 0 radical (unpaired) electrons. The lowest BCUT2D eigenvalue weighted by atomic mass is 10.2. The maximum atomic E-state index is 12.7. The number of nitrogens with one attached hydrogen (secondary N) is 1. The summed E-state index contributed by atoms with van der Waals surface area (Å²) in [4.78, 5) is 26.7. The molecule has 1 heterocycles. The van der Waals surface area contributed by atoms with Gasteiger partial charge in [0.25, 0.3) is 5.91 Å². The van der Waals surface area contributed by atoms with Gasteiger partial charge in [0.05, 0.1) is 4.47 Å². The number of hydrogen-bond donors (Lipinski definition) is 1. The number of halogens is 2. The van der Waals surface area contributed by atoms with Crippen LogP contribution in [0.15, 0.2) is 22.7 Å². The van der Waals surface area contributed by atoms with Crippen molar-refractivity contribution in [2.45, 2.75) is 50.8 Å². The van der Waals surface area contributed by atoms with E-state index >= 15 is 0 Å². The second kappa shape index (κ2) is 7.31. The third kappa shape index (κ3) is 4.03. The van der Waals surface area contributed by atoms with Crippen molar-refractivity contribution in [1.82, 2.24) is 10.2 Å². The average Bonchev–Trinajstić information content (AvgIpc) is 3.21. The van der Waals surface area contributed by atoms with Crippen molar-refractivity contribution in [1.29, 1.82) is 0 Å². The van der Waals surface area contributed by atoms with Crippen LogP contribution in [-0.2, 0) is 9.59 Å². The van der Waals surface area contributed by atoms with E-state index in [-0.39, 0.29) is 17.9 Å². The van der Waals surface area contributed by atoms with Crippen LogP contribution >= 0.6 is 27.5 Å². The Labute approximate surface area is 154 Å². The largest absolute Gasteiger partial charge is 0.480 e. The third-order valence-corrected chi connectivity index (χ3v) is 5.16. The number of rotatable bonds is 5. The van der Waals surface area contributed by atoms with E-state index in [1.807, 2.05) is 0 Å². The molecule has 2 unspecified atom stereocenters. The van der Waals surface area contributed by atoms with Crippen LogP contribution in [-0.4, -0.2) is 41.4 Å². The Morgan fingerprint density at radius 1 is 1.38 bits per heavy atom. The van der Waals surface area contributed by atoms with Gasteiger partial charge in [0.1, 0.15) is 11.8 Å². The summed E-state index contributed by atoms with van der Waals surface area (Å²) < 4.78 is 6.46. The summed E-state index contributed by atoms with van der Waals surface area (Å²) in [5, 5.41) is 3.58. The Morgan fingerprint density at radius 2 is 2.12 bits per heavy atom. The van der Waals surface area contributed by atoms with Gasteiger partial charge in [0.2, 0.25) is 5.91 Å². The number of carbonyl (C=O) groups is 2. The van der Waals surface area contributed by atoms with E-state index in [4.69, 9.17) is 16.3 Å². The number of nitrogens with zero attached hydrogens (tertiary/aromatic N) is 1. The highest BCUT2D eigenvalue weighted by Crippen LogP contribution is 2.29. The standard InChI is InChI=1S/C17H20BrClN2O3/c1-10(24-15-7-4-11(19)9-13(15)18)17(23)21-8-2-3-14(21)16(22)20-12-5-6-12/h4,7,9-10,12,14H,2-3,5-6,8H2,1H3,(H,20,22). The Kier molecular flexibility index (Phi) is 5.35. The van der Waals surface area contributed by atoms with Crippen LogP contribution in [0, 0.1) is 0 Å². The van der Waals surface area contributed by atoms with Crippen molar-refractivity contribution in [3.63, 3.8) is 0 Å². The van der Waals surface area contributed by atoms with Crippen LogP contribution in [0.25, 0.3) is 0 Å².